The monoisotopic (exact) mass is 202 g/mol. The quantitative estimate of drug-likeness (QED) is 0.664. The number of rotatable bonds is 3. The molecule has 0 spiro atoms. The smallest absolute Gasteiger partial charge is 0.198 e. The molecule has 1 rings (SSSR count). The minimum Gasteiger partial charge on any atom is -0.198 e. The van der Waals surface area contributed by atoms with Gasteiger partial charge in [0, 0.05) is 4.90 Å². The van der Waals surface area contributed by atoms with E-state index in [0.717, 1.165) is 5.56 Å². The van der Waals surface area contributed by atoms with E-state index in [-0.39, 0.29) is 0 Å². The third kappa shape index (κ3) is 2.99. The number of halogens is 2. The Morgan fingerprint density at radius 3 is 2.31 bits per heavy atom. The zero-order valence-electron chi connectivity index (χ0n) is 7.63. The molecule has 0 fully saturated rings. The first-order chi connectivity index (χ1) is 6.11. The molecule has 0 heterocycles. The molecule has 0 aromatic heterocycles. The SMILES string of the molecule is CC(C)c1ccccc1SC(F)F. The van der Waals surface area contributed by atoms with Crippen LogP contribution in [0.3, 0.4) is 0 Å². The van der Waals surface area contributed by atoms with Gasteiger partial charge >= 0.3 is 0 Å². The lowest BCUT2D eigenvalue weighted by molar-refractivity contribution is 0.252. The molecule has 0 bridgehead atoms. The van der Waals surface area contributed by atoms with Gasteiger partial charge in [0.15, 0.2) is 0 Å². The van der Waals surface area contributed by atoms with Crippen molar-refractivity contribution in [3.05, 3.63) is 29.8 Å². The van der Waals surface area contributed by atoms with Crippen LogP contribution in [0, 0.1) is 0 Å². The van der Waals surface area contributed by atoms with Crippen molar-refractivity contribution in [2.45, 2.75) is 30.4 Å². The second-order valence-electron chi connectivity index (χ2n) is 3.07. The van der Waals surface area contributed by atoms with E-state index in [1.165, 1.54) is 0 Å². The summed E-state index contributed by atoms with van der Waals surface area (Å²) in [5, 5.41) is 0. The van der Waals surface area contributed by atoms with Gasteiger partial charge in [0.1, 0.15) is 0 Å². The maximum atomic E-state index is 12.1. The molecule has 0 amide bonds. The number of hydrogen-bond donors (Lipinski definition) is 0. The van der Waals surface area contributed by atoms with E-state index in [4.69, 9.17) is 0 Å². The van der Waals surface area contributed by atoms with Gasteiger partial charge in [0.2, 0.25) is 0 Å². The molecular formula is C10H12F2S. The van der Waals surface area contributed by atoms with Gasteiger partial charge in [-0.1, -0.05) is 43.8 Å². The predicted molar refractivity (Wildman–Crippen MR) is 52.4 cm³/mol. The first-order valence-corrected chi connectivity index (χ1v) is 5.03. The summed E-state index contributed by atoms with van der Waals surface area (Å²) in [6, 6.07) is 7.31. The Balaban J connectivity index is 2.91. The van der Waals surface area contributed by atoms with Crippen molar-refractivity contribution in [3.63, 3.8) is 0 Å². The summed E-state index contributed by atoms with van der Waals surface area (Å²) in [4.78, 5) is 0.688. The minimum absolute atomic E-state index is 0.294. The topological polar surface area (TPSA) is 0 Å². The second kappa shape index (κ2) is 4.61. The Morgan fingerprint density at radius 1 is 1.15 bits per heavy atom. The molecule has 0 nitrogen and oxygen atoms in total. The lowest BCUT2D eigenvalue weighted by Crippen LogP contribution is -1.92. The lowest BCUT2D eigenvalue weighted by atomic mass is 10.0. The number of thioether (sulfide) groups is 1. The molecule has 3 heteroatoms. The molecular weight excluding hydrogens is 190 g/mol. The maximum absolute atomic E-state index is 12.1. The van der Waals surface area contributed by atoms with Crippen molar-refractivity contribution in [2.75, 3.05) is 0 Å². The van der Waals surface area contributed by atoms with Crippen molar-refractivity contribution in [2.24, 2.45) is 0 Å². The van der Waals surface area contributed by atoms with Gasteiger partial charge in [-0.25, -0.2) is 0 Å². The van der Waals surface area contributed by atoms with Gasteiger partial charge in [-0.3, -0.25) is 0 Å². The highest BCUT2D eigenvalue weighted by Crippen LogP contribution is 2.31. The van der Waals surface area contributed by atoms with Crippen molar-refractivity contribution < 1.29 is 8.78 Å². The molecule has 0 atom stereocenters. The summed E-state index contributed by atoms with van der Waals surface area (Å²) >= 11 is 0.620. The number of alkyl halides is 2. The van der Waals surface area contributed by atoms with Gasteiger partial charge in [0.25, 0.3) is 5.76 Å². The van der Waals surface area contributed by atoms with Crippen LogP contribution < -0.4 is 0 Å². The average molecular weight is 202 g/mol. The van der Waals surface area contributed by atoms with Crippen LogP contribution in [0.2, 0.25) is 0 Å². The Bertz CT molecular complexity index is 271. The van der Waals surface area contributed by atoms with Gasteiger partial charge in [-0.15, -0.1) is 0 Å². The van der Waals surface area contributed by atoms with E-state index in [2.05, 4.69) is 0 Å². The van der Waals surface area contributed by atoms with E-state index in [9.17, 15) is 8.78 Å². The van der Waals surface area contributed by atoms with Crippen LogP contribution >= 0.6 is 11.8 Å². The summed E-state index contributed by atoms with van der Waals surface area (Å²) < 4.78 is 24.3. The van der Waals surface area contributed by atoms with Crippen LogP contribution in [0.5, 0.6) is 0 Å². The Morgan fingerprint density at radius 2 is 1.77 bits per heavy atom. The lowest BCUT2D eigenvalue weighted by Gasteiger charge is -2.10. The summed E-state index contributed by atoms with van der Waals surface area (Å²) in [6.45, 7) is 4.01. The molecule has 0 saturated carbocycles. The van der Waals surface area contributed by atoms with Crippen molar-refractivity contribution in [1.82, 2.24) is 0 Å². The van der Waals surface area contributed by atoms with Gasteiger partial charge in [-0.2, -0.15) is 8.78 Å². The van der Waals surface area contributed by atoms with Gasteiger partial charge in [0.05, 0.1) is 0 Å². The summed E-state index contributed by atoms with van der Waals surface area (Å²) in [5.74, 6) is -2.04. The largest absolute Gasteiger partial charge is 0.288 e. The van der Waals surface area contributed by atoms with E-state index in [0.29, 0.717) is 22.6 Å². The van der Waals surface area contributed by atoms with Gasteiger partial charge < -0.3 is 0 Å². The average Bonchev–Trinajstić information content (AvgIpc) is 2.03. The Kier molecular flexibility index (Phi) is 3.72. The molecule has 1 aromatic carbocycles. The molecule has 0 aliphatic carbocycles. The van der Waals surface area contributed by atoms with Crippen LogP contribution in [0.1, 0.15) is 25.3 Å². The normalized spacial score (nSPS) is 11.2. The predicted octanol–water partition coefficient (Wildman–Crippen LogP) is 4.12. The number of benzene rings is 1. The molecule has 0 unspecified atom stereocenters. The third-order valence-corrected chi connectivity index (χ3v) is 2.56. The molecule has 0 radical (unpaired) electrons. The first-order valence-electron chi connectivity index (χ1n) is 4.15. The fourth-order valence-corrected chi connectivity index (χ4v) is 1.95. The summed E-state index contributed by atoms with van der Waals surface area (Å²) in [7, 11) is 0. The standard InChI is InChI=1S/C10H12F2S/c1-7(2)8-5-3-4-6-9(8)13-10(11)12/h3-7,10H,1-2H3. The molecule has 0 aliphatic rings. The first kappa shape index (κ1) is 10.5. The van der Waals surface area contributed by atoms with E-state index >= 15 is 0 Å². The van der Waals surface area contributed by atoms with Gasteiger partial charge in [-0.05, 0) is 17.5 Å². The highest BCUT2D eigenvalue weighted by Gasteiger charge is 2.10. The van der Waals surface area contributed by atoms with E-state index in [1.807, 2.05) is 26.0 Å². The van der Waals surface area contributed by atoms with E-state index < -0.39 is 5.76 Å². The zero-order valence-corrected chi connectivity index (χ0v) is 8.44. The minimum atomic E-state index is -2.33. The molecule has 0 aliphatic heterocycles. The van der Waals surface area contributed by atoms with Crippen LogP contribution in [0.15, 0.2) is 29.2 Å². The fourth-order valence-electron chi connectivity index (χ4n) is 1.16. The third-order valence-electron chi connectivity index (χ3n) is 1.76. The van der Waals surface area contributed by atoms with Crippen molar-refractivity contribution in [1.29, 1.82) is 0 Å². The zero-order chi connectivity index (χ0) is 9.84. The molecule has 0 N–H and O–H groups in total. The summed E-state index contributed by atoms with van der Waals surface area (Å²) in [5.41, 5.74) is 0.993. The summed E-state index contributed by atoms with van der Waals surface area (Å²) in [6.07, 6.45) is 0. The maximum Gasteiger partial charge on any atom is 0.288 e. The highest BCUT2D eigenvalue weighted by molar-refractivity contribution is 7.99. The van der Waals surface area contributed by atoms with E-state index in [1.54, 1.807) is 12.1 Å². The molecule has 13 heavy (non-hydrogen) atoms. The molecule has 0 saturated heterocycles. The van der Waals surface area contributed by atoms with Crippen molar-refractivity contribution >= 4 is 11.8 Å². The second-order valence-corrected chi connectivity index (χ2v) is 4.10. The Labute approximate surface area is 81.3 Å². The van der Waals surface area contributed by atoms with Crippen LogP contribution in [0.4, 0.5) is 8.78 Å². The van der Waals surface area contributed by atoms with Crippen LogP contribution in [-0.4, -0.2) is 5.76 Å². The molecule has 1 aromatic rings. The van der Waals surface area contributed by atoms with Crippen LogP contribution in [-0.2, 0) is 0 Å². The number of hydrogen-bond acceptors (Lipinski definition) is 1. The Hall–Kier alpha value is -0.570. The van der Waals surface area contributed by atoms with Crippen molar-refractivity contribution in [3.8, 4) is 0 Å². The fraction of sp³-hybridized carbons (Fsp3) is 0.400. The van der Waals surface area contributed by atoms with Crippen LogP contribution in [0.25, 0.3) is 0 Å². The molecule has 72 valence electrons. The highest BCUT2D eigenvalue weighted by atomic mass is 32.2.